The van der Waals surface area contributed by atoms with Gasteiger partial charge in [-0.1, -0.05) is 0 Å². The summed E-state index contributed by atoms with van der Waals surface area (Å²) in [5.74, 6) is 0.509. The second-order valence-electron chi connectivity index (χ2n) is 8.08. The highest BCUT2D eigenvalue weighted by molar-refractivity contribution is 5.78. The van der Waals surface area contributed by atoms with E-state index in [-0.39, 0.29) is 12.1 Å². The van der Waals surface area contributed by atoms with Crippen molar-refractivity contribution < 1.29 is 9.53 Å². The summed E-state index contributed by atoms with van der Waals surface area (Å²) in [5, 5.41) is 4.24. The highest BCUT2D eigenvalue weighted by atomic mass is 16.6. The van der Waals surface area contributed by atoms with Crippen molar-refractivity contribution in [2.75, 3.05) is 46.8 Å². The Balaban J connectivity index is 1.90. The van der Waals surface area contributed by atoms with Crippen molar-refractivity contribution in [3.05, 3.63) is 18.0 Å². The van der Waals surface area contributed by atoms with Crippen LogP contribution >= 0.6 is 0 Å². The minimum absolute atomic E-state index is 0.111. The normalized spacial score (nSPS) is 17.4. The summed E-state index contributed by atoms with van der Waals surface area (Å²) < 4.78 is 7.21. The molecule has 0 aliphatic carbocycles. The Morgan fingerprint density at radius 3 is 2.37 bits per heavy atom. The first kappa shape index (κ1) is 21.0. The summed E-state index contributed by atoms with van der Waals surface area (Å²) >= 11 is 0. The fourth-order valence-corrected chi connectivity index (χ4v) is 2.90. The van der Waals surface area contributed by atoms with Gasteiger partial charge in [-0.3, -0.25) is 9.67 Å². The maximum absolute atomic E-state index is 12.1. The van der Waals surface area contributed by atoms with Gasteiger partial charge in [0.25, 0.3) is 0 Å². The van der Waals surface area contributed by atoms with E-state index in [9.17, 15) is 4.79 Å². The summed E-state index contributed by atoms with van der Waals surface area (Å²) in [4.78, 5) is 22.6. The van der Waals surface area contributed by atoms with Gasteiger partial charge >= 0.3 is 6.09 Å². The van der Waals surface area contributed by atoms with Crippen LogP contribution in [0.3, 0.4) is 0 Å². The zero-order valence-electron chi connectivity index (χ0n) is 17.3. The number of hydrogen-bond acceptors (Lipinski definition) is 5. The molecule has 1 saturated heterocycles. The number of carbonyl (C=O) groups excluding carboxylic acids is 1. The van der Waals surface area contributed by atoms with Crippen molar-refractivity contribution in [2.45, 2.75) is 32.4 Å². The molecule has 0 radical (unpaired) electrons. The predicted octanol–water partition coefficient (Wildman–Crippen LogP) is 0.890. The minimum Gasteiger partial charge on any atom is -0.444 e. The second-order valence-corrected chi connectivity index (χ2v) is 8.08. The maximum Gasteiger partial charge on any atom is 0.410 e. The number of nitrogens with two attached hydrogens (primary N) is 1. The van der Waals surface area contributed by atoms with Crippen LogP contribution in [0.25, 0.3) is 0 Å². The van der Waals surface area contributed by atoms with Crippen molar-refractivity contribution in [3.63, 3.8) is 0 Å². The van der Waals surface area contributed by atoms with Crippen LogP contribution in [0.15, 0.2) is 17.4 Å². The highest BCUT2D eigenvalue weighted by Gasteiger charge is 2.26. The lowest BCUT2D eigenvalue weighted by molar-refractivity contribution is 0.0186. The molecule has 0 saturated carbocycles. The average Bonchev–Trinajstić information content (AvgIpc) is 2.99. The molecular weight excluding hydrogens is 346 g/mol. The SMILES string of the molecule is CN(C)C(CN=C(N)N1CCN(C(=O)OC(C)(C)C)CC1)c1cnn(C)c1. The van der Waals surface area contributed by atoms with E-state index in [2.05, 4.69) is 15.0 Å². The zero-order chi connectivity index (χ0) is 20.2. The number of guanidine groups is 1. The van der Waals surface area contributed by atoms with Crippen LogP contribution in [0.2, 0.25) is 0 Å². The fourth-order valence-electron chi connectivity index (χ4n) is 2.90. The number of aliphatic imine (C=N–C) groups is 1. The summed E-state index contributed by atoms with van der Waals surface area (Å²) in [6, 6.07) is 0.111. The molecule has 2 N–H and O–H groups in total. The summed E-state index contributed by atoms with van der Waals surface area (Å²) in [7, 11) is 5.93. The molecule has 1 aliphatic rings. The first-order valence-corrected chi connectivity index (χ1v) is 9.24. The number of nitrogens with zero attached hydrogens (tertiary/aromatic N) is 6. The molecule has 9 heteroatoms. The number of likely N-dealkylation sites (N-methyl/N-ethyl adjacent to an activating group) is 1. The molecule has 1 atom stereocenters. The van der Waals surface area contributed by atoms with Gasteiger partial charge in [0.15, 0.2) is 5.96 Å². The van der Waals surface area contributed by atoms with Gasteiger partial charge in [0, 0.05) is 45.0 Å². The Morgan fingerprint density at radius 1 is 1.30 bits per heavy atom. The highest BCUT2D eigenvalue weighted by Crippen LogP contribution is 2.18. The van der Waals surface area contributed by atoms with Crippen molar-refractivity contribution in [1.82, 2.24) is 24.5 Å². The first-order chi connectivity index (χ1) is 12.6. The van der Waals surface area contributed by atoms with Gasteiger partial charge in [-0.15, -0.1) is 0 Å². The monoisotopic (exact) mass is 379 g/mol. The van der Waals surface area contributed by atoms with Crippen molar-refractivity contribution in [1.29, 1.82) is 0 Å². The molecule has 1 aromatic heterocycles. The van der Waals surface area contributed by atoms with Crippen molar-refractivity contribution in [3.8, 4) is 0 Å². The van der Waals surface area contributed by atoms with Crippen LogP contribution < -0.4 is 5.73 Å². The summed E-state index contributed by atoms with van der Waals surface area (Å²) in [6.07, 6.45) is 3.58. The van der Waals surface area contributed by atoms with Crippen LogP contribution in [0.1, 0.15) is 32.4 Å². The summed E-state index contributed by atoms with van der Waals surface area (Å²) in [5.41, 5.74) is 6.83. The molecule has 0 aromatic carbocycles. The van der Waals surface area contributed by atoms with Gasteiger partial charge in [-0.2, -0.15) is 5.10 Å². The van der Waals surface area contributed by atoms with Gasteiger partial charge in [0.1, 0.15) is 5.60 Å². The molecule has 1 aromatic rings. The molecule has 0 spiro atoms. The molecule has 2 heterocycles. The number of piperazine rings is 1. The van der Waals surface area contributed by atoms with E-state index in [0.29, 0.717) is 38.7 Å². The Bertz CT molecular complexity index is 655. The van der Waals surface area contributed by atoms with Gasteiger partial charge in [-0.25, -0.2) is 4.79 Å². The van der Waals surface area contributed by atoms with Gasteiger partial charge < -0.3 is 25.2 Å². The third-order valence-electron chi connectivity index (χ3n) is 4.41. The van der Waals surface area contributed by atoms with Crippen molar-refractivity contribution >= 4 is 12.1 Å². The first-order valence-electron chi connectivity index (χ1n) is 9.24. The predicted molar refractivity (Wildman–Crippen MR) is 106 cm³/mol. The lowest BCUT2D eigenvalue weighted by Gasteiger charge is -2.36. The standard InChI is InChI=1S/C18H33N7O2/c1-18(2,3)27-17(26)25-9-7-24(8-10-25)16(19)20-12-15(22(4)5)14-11-21-23(6)13-14/h11,13,15H,7-10,12H2,1-6H3,(H2,19,20). The number of rotatable bonds is 4. The molecule has 27 heavy (non-hydrogen) atoms. The molecule has 152 valence electrons. The van der Waals surface area contributed by atoms with E-state index in [1.165, 1.54) is 0 Å². The average molecular weight is 380 g/mol. The van der Waals surface area contributed by atoms with Crippen LogP contribution in [-0.4, -0.2) is 89.0 Å². The number of ether oxygens (including phenoxy) is 1. The van der Waals surface area contributed by atoms with Crippen LogP contribution in [0.5, 0.6) is 0 Å². The topological polar surface area (TPSA) is 92.2 Å². The maximum atomic E-state index is 12.1. The van der Waals surface area contributed by atoms with Gasteiger partial charge in [0.05, 0.1) is 18.8 Å². The van der Waals surface area contributed by atoms with E-state index >= 15 is 0 Å². The van der Waals surface area contributed by atoms with E-state index in [1.807, 2.05) is 59.2 Å². The van der Waals surface area contributed by atoms with E-state index in [0.717, 1.165) is 5.56 Å². The molecular formula is C18H33N7O2. The quantitative estimate of drug-likeness (QED) is 0.617. The third-order valence-corrected chi connectivity index (χ3v) is 4.41. The molecule has 1 fully saturated rings. The zero-order valence-corrected chi connectivity index (χ0v) is 17.3. The van der Waals surface area contributed by atoms with E-state index in [1.54, 1.807) is 9.58 Å². The fraction of sp³-hybridized carbons (Fsp3) is 0.722. The molecule has 1 aliphatic heterocycles. The van der Waals surface area contributed by atoms with Crippen molar-refractivity contribution in [2.24, 2.45) is 17.8 Å². The van der Waals surface area contributed by atoms with Gasteiger partial charge in [-0.05, 0) is 34.9 Å². The Kier molecular flexibility index (Phi) is 6.69. The van der Waals surface area contributed by atoms with E-state index in [4.69, 9.17) is 10.5 Å². The molecule has 1 amide bonds. The molecule has 0 bridgehead atoms. The molecule has 9 nitrogen and oxygen atoms in total. The number of aryl methyl sites for hydroxylation is 1. The number of aromatic nitrogens is 2. The summed E-state index contributed by atoms with van der Waals surface area (Å²) in [6.45, 7) is 8.61. The van der Waals surface area contributed by atoms with Crippen LogP contribution in [-0.2, 0) is 11.8 Å². The lowest BCUT2D eigenvalue weighted by Crippen LogP contribution is -2.53. The van der Waals surface area contributed by atoms with Gasteiger partial charge in [0.2, 0.25) is 0 Å². The van der Waals surface area contributed by atoms with E-state index < -0.39 is 5.60 Å². The minimum atomic E-state index is -0.484. The largest absolute Gasteiger partial charge is 0.444 e. The smallest absolute Gasteiger partial charge is 0.410 e. The van der Waals surface area contributed by atoms with Crippen LogP contribution in [0, 0.1) is 0 Å². The Hall–Kier alpha value is -2.29. The lowest BCUT2D eigenvalue weighted by atomic mass is 10.1. The Labute approximate surface area is 161 Å². The Morgan fingerprint density at radius 2 is 1.89 bits per heavy atom. The third kappa shape index (κ3) is 6.13. The number of hydrogen-bond donors (Lipinski definition) is 1. The number of amides is 1. The molecule has 1 unspecified atom stereocenters. The van der Waals surface area contributed by atoms with Crippen LogP contribution in [0.4, 0.5) is 4.79 Å². The number of carbonyl (C=O) groups is 1. The second kappa shape index (κ2) is 8.60. The molecule has 2 rings (SSSR count).